The van der Waals surface area contributed by atoms with Gasteiger partial charge in [0.15, 0.2) is 0 Å². The number of piperidine rings is 2. The fourth-order valence-corrected chi connectivity index (χ4v) is 7.69. The predicted octanol–water partition coefficient (Wildman–Crippen LogP) is 7.17. The molecule has 0 N–H and O–H groups in total. The molecular weight excluding hydrogens is 612 g/mol. The van der Waals surface area contributed by atoms with Crippen LogP contribution in [0.15, 0.2) is 0 Å². The Morgan fingerprint density at radius 1 is 0.408 bits per heavy atom. The van der Waals surface area contributed by atoms with E-state index in [0.717, 1.165) is 51.9 Å². The Bertz CT molecular complexity index is 967. The first-order valence-corrected chi connectivity index (χ1v) is 19.8. The number of ketones is 4. The predicted molar refractivity (Wildman–Crippen MR) is 205 cm³/mol. The van der Waals surface area contributed by atoms with Gasteiger partial charge in [-0.1, -0.05) is 0 Å². The van der Waals surface area contributed by atoms with Gasteiger partial charge in [-0.3, -0.25) is 0 Å². The highest BCUT2D eigenvalue weighted by Crippen LogP contribution is 2.24. The van der Waals surface area contributed by atoms with E-state index in [2.05, 4.69) is 75.0 Å². The van der Waals surface area contributed by atoms with Gasteiger partial charge in [0.1, 0.15) is 23.1 Å². The Kier molecular flexibility index (Phi) is 22.2. The second kappa shape index (κ2) is 23.9. The van der Waals surface area contributed by atoms with Gasteiger partial charge in [0.05, 0.1) is 0 Å². The minimum Gasteiger partial charge on any atom is -0.301 e. The Labute approximate surface area is 302 Å². The minimum atomic E-state index is 0.332. The maximum absolute atomic E-state index is 11.0. The molecule has 0 amide bonds. The second-order valence-corrected chi connectivity index (χ2v) is 17.0. The molecule has 8 heteroatoms. The highest BCUT2D eigenvalue weighted by molar-refractivity contribution is 5.76. The molecule has 4 fully saturated rings. The van der Waals surface area contributed by atoms with Gasteiger partial charge in [0.2, 0.25) is 0 Å². The van der Waals surface area contributed by atoms with Gasteiger partial charge in [-0.2, -0.15) is 0 Å². The largest absolute Gasteiger partial charge is 0.301 e. The highest BCUT2D eigenvalue weighted by atomic mass is 16.1. The normalized spacial score (nSPS) is 22.9. The van der Waals surface area contributed by atoms with Crippen LogP contribution in [0.1, 0.15) is 141 Å². The van der Waals surface area contributed by atoms with E-state index in [4.69, 9.17) is 0 Å². The van der Waals surface area contributed by atoms with Crippen molar-refractivity contribution in [2.24, 2.45) is 23.7 Å². The van der Waals surface area contributed by atoms with E-state index in [0.29, 0.717) is 71.0 Å². The van der Waals surface area contributed by atoms with Crippen LogP contribution in [0.2, 0.25) is 0 Å². The van der Waals surface area contributed by atoms with Gasteiger partial charge < -0.3 is 38.8 Å². The summed E-state index contributed by atoms with van der Waals surface area (Å²) < 4.78 is 0. The van der Waals surface area contributed by atoms with Crippen LogP contribution in [0.3, 0.4) is 0 Å². The number of carbonyl (C=O) groups excluding carboxylic acids is 4. The molecule has 286 valence electrons. The summed E-state index contributed by atoms with van der Waals surface area (Å²) in [5, 5.41) is 0. The maximum Gasteiger partial charge on any atom is 0.130 e. The summed E-state index contributed by atoms with van der Waals surface area (Å²) in [6.07, 6.45) is 9.26. The zero-order valence-electron chi connectivity index (χ0n) is 34.1. The molecule has 4 rings (SSSR count). The van der Waals surface area contributed by atoms with Crippen LogP contribution in [0, 0.1) is 23.7 Å². The van der Waals surface area contributed by atoms with Crippen molar-refractivity contribution < 1.29 is 19.2 Å². The van der Waals surface area contributed by atoms with Gasteiger partial charge in [0, 0.05) is 76.0 Å². The van der Waals surface area contributed by atoms with Gasteiger partial charge in [-0.15, -0.1) is 0 Å². The molecule has 4 heterocycles. The number of nitrogens with zero attached hydrogens (tertiary/aromatic N) is 4. The average molecular weight is 691 g/mol. The second-order valence-electron chi connectivity index (χ2n) is 17.0. The monoisotopic (exact) mass is 691 g/mol. The molecule has 4 aliphatic rings. The molecular formula is C41H78N4O4. The van der Waals surface area contributed by atoms with Crippen molar-refractivity contribution in [1.29, 1.82) is 0 Å². The summed E-state index contributed by atoms with van der Waals surface area (Å²) in [4.78, 5) is 53.3. The van der Waals surface area contributed by atoms with Gasteiger partial charge in [-0.05, 0) is 165 Å². The van der Waals surface area contributed by atoms with Crippen LogP contribution in [-0.2, 0) is 19.2 Å². The van der Waals surface area contributed by atoms with Crippen LogP contribution in [0.25, 0.3) is 0 Å². The lowest BCUT2D eigenvalue weighted by molar-refractivity contribution is -0.120. The van der Waals surface area contributed by atoms with Crippen LogP contribution >= 0.6 is 0 Å². The fourth-order valence-electron chi connectivity index (χ4n) is 7.69. The van der Waals surface area contributed by atoms with Crippen molar-refractivity contribution in [2.45, 2.75) is 165 Å². The third kappa shape index (κ3) is 20.2. The summed E-state index contributed by atoms with van der Waals surface area (Å²) in [5.74, 6) is 3.92. The van der Waals surface area contributed by atoms with Crippen molar-refractivity contribution in [3.8, 4) is 0 Å². The van der Waals surface area contributed by atoms with Crippen molar-refractivity contribution >= 4 is 23.1 Å². The van der Waals surface area contributed by atoms with E-state index in [1.807, 2.05) is 0 Å². The number of likely N-dealkylation sites (tertiary alicyclic amines) is 4. The Morgan fingerprint density at radius 3 is 1.10 bits per heavy atom. The van der Waals surface area contributed by atoms with E-state index in [1.165, 1.54) is 58.3 Å². The lowest BCUT2D eigenvalue weighted by atomic mass is 9.91. The van der Waals surface area contributed by atoms with Crippen LogP contribution in [0.4, 0.5) is 0 Å². The van der Waals surface area contributed by atoms with Crippen LogP contribution < -0.4 is 0 Å². The van der Waals surface area contributed by atoms with Gasteiger partial charge in [0.25, 0.3) is 0 Å². The maximum atomic E-state index is 11.0. The molecule has 4 saturated heterocycles. The smallest absolute Gasteiger partial charge is 0.130 e. The van der Waals surface area contributed by atoms with Gasteiger partial charge >= 0.3 is 0 Å². The molecule has 0 bridgehead atoms. The number of carbonyl (C=O) groups is 4. The summed E-state index contributed by atoms with van der Waals surface area (Å²) in [6.45, 7) is 33.8. The van der Waals surface area contributed by atoms with E-state index >= 15 is 0 Å². The average Bonchev–Trinajstić information content (AvgIpc) is 3.43. The number of hydrogen-bond donors (Lipinski definition) is 0. The molecule has 0 aromatic heterocycles. The first-order chi connectivity index (χ1) is 22.9. The lowest BCUT2D eigenvalue weighted by Gasteiger charge is -2.41. The third-order valence-corrected chi connectivity index (χ3v) is 10.7. The quantitative estimate of drug-likeness (QED) is 0.213. The molecule has 2 atom stereocenters. The van der Waals surface area contributed by atoms with E-state index in [9.17, 15) is 19.2 Å². The van der Waals surface area contributed by atoms with Crippen molar-refractivity contribution in [1.82, 2.24) is 19.6 Å². The molecule has 0 aromatic rings. The molecule has 0 aliphatic carbocycles. The Morgan fingerprint density at radius 2 is 0.714 bits per heavy atom. The molecule has 0 radical (unpaired) electrons. The summed E-state index contributed by atoms with van der Waals surface area (Å²) in [5.41, 5.74) is 0. The Balaban J connectivity index is 0.000000327. The van der Waals surface area contributed by atoms with Crippen LogP contribution in [0.5, 0.6) is 0 Å². The molecule has 4 aliphatic heterocycles. The molecule has 0 saturated carbocycles. The van der Waals surface area contributed by atoms with E-state index < -0.39 is 0 Å². The molecule has 8 nitrogen and oxygen atoms in total. The molecule has 0 aromatic carbocycles. The zero-order valence-corrected chi connectivity index (χ0v) is 34.1. The molecule has 2 unspecified atom stereocenters. The third-order valence-electron chi connectivity index (χ3n) is 10.7. The minimum absolute atomic E-state index is 0.332. The first kappa shape index (κ1) is 45.5. The van der Waals surface area contributed by atoms with Crippen LogP contribution in [-0.4, -0.2) is 119 Å². The number of rotatable bonds is 12. The first-order valence-electron chi connectivity index (χ1n) is 19.8. The molecule has 49 heavy (non-hydrogen) atoms. The summed E-state index contributed by atoms with van der Waals surface area (Å²) in [7, 11) is 0. The zero-order chi connectivity index (χ0) is 37.3. The summed E-state index contributed by atoms with van der Waals surface area (Å²) in [6, 6.07) is 2.59. The summed E-state index contributed by atoms with van der Waals surface area (Å²) >= 11 is 0. The lowest BCUT2D eigenvalue weighted by Crippen LogP contribution is -2.50. The number of Topliss-reactive ketones (excluding diaryl/α,β-unsaturated/α-hetero) is 4. The fraction of sp³-hybridized carbons (Fsp3) is 0.902. The number of hydrogen-bond acceptors (Lipinski definition) is 8. The van der Waals surface area contributed by atoms with E-state index in [-0.39, 0.29) is 0 Å². The van der Waals surface area contributed by atoms with E-state index in [1.54, 1.807) is 27.7 Å². The Hall–Kier alpha value is -1.48. The SMILES string of the molecule is CC(=O)CC1CCCN(C(C)C)C1.CC(=O)CC1CCN(C(C)C)C1.CC(=O)CC1CCN(C(C)C)CC1.CC(=O)CC1CN(C(C)C)C1. The van der Waals surface area contributed by atoms with Gasteiger partial charge in [-0.25, -0.2) is 0 Å². The standard InChI is InChI=1S/2C11H21NO.C10H19NO.C9H17NO/c1-9(2)12-6-4-11(5-7-12)8-10(3)13;1-9(2)12-6-4-5-11(8-12)7-10(3)13;1-8(2)11-5-4-10(7-11)6-9(3)12;1-7(2)10-5-9(6-10)4-8(3)11/h2*9,11H,4-8H2,1-3H3;8,10H,4-7H2,1-3H3;7,9H,4-6H2,1-3H3. The van der Waals surface area contributed by atoms with Crippen molar-refractivity contribution in [3.05, 3.63) is 0 Å². The van der Waals surface area contributed by atoms with Crippen molar-refractivity contribution in [2.75, 3.05) is 52.4 Å². The van der Waals surface area contributed by atoms with Crippen molar-refractivity contribution in [3.63, 3.8) is 0 Å². The molecule has 0 spiro atoms. The highest BCUT2D eigenvalue weighted by Gasteiger charge is 2.29. The topological polar surface area (TPSA) is 81.2 Å².